The van der Waals surface area contributed by atoms with E-state index < -0.39 is 23.6 Å². The van der Waals surface area contributed by atoms with Gasteiger partial charge in [0, 0.05) is 28.3 Å². The standard InChI is InChI=1S/C30H24N4O5/c1-3-27(36)31-23-12-20(13-24(17-23)32-28(37)4-2)29(38)33-21-10-7-11-22(16-21)34-30(39)25-14-18-8-5-6-9-19(18)15-26(25)35/h3-17,35H,1-2H2,(H,31,36)(H,32,37)(H,33,38)(H,34,39). The lowest BCUT2D eigenvalue weighted by atomic mass is 10.1. The van der Waals surface area contributed by atoms with Gasteiger partial charge in [0.05, 0.1) is 5.56 Å². The summed E-state index contributed by atoms with van der Waals surface area (Å²) in [5, 5.41) is 22.5. The van der Waals surface area contributed by atoms with E-state index in [9.17, 15) is 24.3 Å². The van der Waals surface area contributed by atoms with Crippen molar-refractivity contribution >= 4 is 57.2 Å². The molecule has 0 aliphatic heterocycles. The van der Waals surface area contributed by atoms with Gasteiger partial charge in [0.2, 0.25) is 11.8 Å². The molecular formula is C30H24N4O5. The fraction of sp³-hybridized carbons (Fsp3) is 0. The van der Waals surface area contributed by atoms with Gasteiger partial charge in [0.15, 0.2) is 0 Å². The summed E-state index contributed by atoms with van der Waals surface area (Å²) >= 11 is 0. The van der Waals surface area contributed by atoms with Crippen LogP contribution in [0, 0.1) is 0 Å². The third kappa shape index (κ3) is 6.55. The Balaban J connectivity index is 1.53. The van der Waals surface area contributed by atoms with Gasteiger partial charge in [0.25, 0.3) is 11.8 Å². The predicted octanol–water partition coefficient (Wildman–Crippen LogP) is 5.30. The van der Waals surface area contributed by atoms with Crippen LogP contribution in [0.3, 0.4) is 0 Å². The first-order chi connectivity index (χ1) is 18.7. The molecule has 0 saturated carbocycles. The Kier molecular flexibility index (Phi) is 7.82. The highest BCUT2D eigenvalue weighted by Gasteiger charge is 2.15. The number of hydrogen-bond acceptors (Lipinski definition) is 5. The maximum atomic E-state index is 13.1. The van der Waals surface area contributed by atoms with Crippen molar-refractivity contribution in [3.63, 3.8) is 0 Å². The topological polar surface area (TPSA) is 137 Å². The number of carbonyl (C=O) groups excluding carboxylic acids is 4. The lowest BCUT2D eigenvalue weighted by Crippen LogP contribution is -2.16. The minimum atomic E-state index is -0.533. The Morgan fingerprint density at radius 3 is 1.67 bits per heavy atom. The molecule has 0 atom stereocenters. The molecule has 4 amide bonds. The van der Waals surface area contributed by atoms with Crippen molar-refractivity contribution in [2.24, 2.45) is 0 Å². The first-order valence-electron chi connectivity index (χ1n) is 11.7. The summed E-state index contributed by atoms with van der Waals surface area (Å²) in [7, 11) is 0. The van der Waals surface area contributed by atoms with Gasteiger partial charge in [-0.3, -0.25) is 19.2 Å². The number of hydrogen-bond donors (Lipinski definition) is 5. The van der Waals surface area contributed by atoms with Crippen LogP contribution in [-0.2, 0) is 9.59 Å². The number of fused-ring (bicyclic) bond motifs is 1. The Morgan fingerprint density at radius 2 is 1.10 bits per heavy atom. The SMILES string of the molecule is C=CC(=O)Nc1cc(NC(=O)C=C)cc(C(=O)Nc2cccc(NC(=O)c3cc4ccccc4cc3O)c2)c1. The number of phenols is 1. The molecule has 0 aliphatic carbocycles. The minimum absolute atomic E-state index is 0.107. The molecule has 0 bridgehead atoms. The quantitative estimate of drug-likeness (QED) is 0.201. The predicted molar refractivity (Wildman–Crippen MR) is 152 cm³/mol. The van der Waals surface area contributed by atoms with Crippen molar-refractivity contribution in [1.82, 2.24) is 0 Å². The van der Waals surface area contributed by atoms with Crippen LogP contribution in [0.4, 0.5) is 22.7 Å². The second-order valence-corrected chi connectivity index (χ2v) is 8.39. The highest BCUT2D eigenvalue weighted by molar-refractivity contribution is 6.10. The average molecular weight is 521 g/mol. The molecular weight excluding hydrogens is 496 g/mol. The van der Waals surface area contributed by atoms with Crippen LogP contribution >= 0.6 is 0 Å². The van der Waals surface area contributed by atoms with Gasteiger partial charge in [-0.2, -0.15) is 0 Å². The molecule has 0 heterocycles. The van der Waals surface area contributed by atoms with Crippen LogP contribution in [0.2, 0.25) is 0 Å². The van der Waals surface area contributed by atoms with E-state index in [4.69, 9.17) is 0 Å². The van der Waals surface area contributed by atoms with Crippen LogP contribution in [-0.4, -0.2) is 28.7 Å². The fourth-order valence-electron chi connectivity index (χ4n) is 3.78. The summed E-state index contributed by atoms with van der Waals surface area (Å²) in [5.41, 5.74) is 1.54. The lowest BCUT2D eigenvalue weighted by molar-refractivity contribution is -0.112. The number of phenolic OH excluding ortho intramolecular Hbond substituents is 1. The Labute approximate surface area is 223 Å². The van der Waals surface area contributed by atoms with Crippen LogP contribution < -0.4 is 21.3 Å². The Morgan fingerprint density at radius 1 is 0.590 bits per heavy atom. The van der Waals surface area contributed by atoms with Crippen molar-refractivity contribution in [2.45, 2.75) is 0 Å². The van der Waals surface area contributed by atoms with Gasteiger partial charge in [-0.1, -0.05) is 43.5 Å². The second kappa shape index (κ2) is 11.6. The molecule has 4 aromatic carbocycles. The van der Waals surface area contributed by atoms with E-state index in [1.165, 1.54) is 24.3 Å². The highest BCUT2D eigenvalue weighted by atomic mass is 16.3. The minimum Gasteiger partial charge on any atom is -0.507 e. The Hall–Kier alpha value is -5.70. The number of benzene rings is 4. The molecule has 0 aromatic heterocycles. The molecule has 0 fully saturated rings. The van der Waals surface area contributed by atoms with Gasteiger partial charge >= 0.3 is 0 Å². The van der Waals surface area contributed by atoms with Crippen molar-refractivity contribution in [3.05, 3.63) is 115 Å². The maximum absolute atomic E-state index is 13.1. The van der Waals surface area contributed by atoms with Crippen LogP contribution in [0.15, 0.2) is 104 Å². The monoisotopic (exact) mass is 520 g/mol. The van der Waals surface area contributed by atoms with E-state index in [0.717, 1.165) is 22.9 Å². The molecule has 0 unspecified atom stereocenters. The lowest BCUT2D eigenvalue weighted by Gasteiger charge is -2.12. The third-order valence-electron chi connectivity index (χ3n) is 5.59. The molecule has 5 N–H and O–H groups in total. The molecule has 194 valence electrons. The van der Waals surface area contributed by atoms with E-state index in [-0.39, 0.29) is 28.3 Å². The molecule has 9 nitrogen and oxygen atoms in total. The summed E-state index contributed by atoms with van der Waals surface area (Å²) in [6, 6.07) is 21.3. The van der Waals surface area contributed by atoms with Crippen molar-refractivity contribution in [3.8, 4) is 5.75 Å². The van der Waals surface area contributed by atoms with Gasteiger partial charge in [-0.05, 0) is 71.5 Å². The normalized spacial score (nSPS) is 10.3. The van der Waals surface area contributed by atoms with E-state index in [0.29, 0.717) is 11.4 Å². The number of amides is 4. The van der Waals surface area contributed by atoms with Crippen LogP contribution in [0.1, 0.15) is 20.7 Å². The second-order valence-electron chi connectivity index (χ2n) is 8.39. The summed E-state index contributed by atoms with van der Waals surface area (Å²) in [6.07, 6.45) is 2.15. The number of carbonyl (C=O) groups is 4. The summed E-state index contributed by atoms with van der Waals surface area (Å²) in [5.74, 6) is -2.19. The first-order valence-corrected chi connectivity index (χ1v) is 11.7. The molecule has 0 radical (unpaired) electrons. The maximum Gasteiger partial charge on any atom is 0.259 e. The van der Waals surface area contributed by atoms with E-state index >= 15 is 0 Å². The smallest absolute Gasteiger partial charge is 0.259 e. The van der Waals surface area contributed by atoms with Crippen molar-refractivity contribution in [1.29, 1.82) is 0 Å². The molecule has 4 rings (SSSR count). The van der Waals surface area contributed by atoms with E-state index in [2.05, 4.69) is 34.4 Å². The van der Waals surface area contributed by atoms with Crippen LogP contribution in [0.25, 0.3) is 10.8 Å². The zero-order valence-corrected chi connectivity index (χ0v) is 20.7. The average Bonchev–Trinajstić information content (AvgIpc) is 2.92. The van der Waals surface area contributed by atoms with Gasteiger partial charge < -0.3 is 26.4 Å². The Bertz CT molecular complexity index is 1600. The van der Waals surface area contributed by atoms with E-state index in [1.54, 1.807) is 30.3 Å². The van der Waals surface area contributed by atoms with Gasteiger partial charge in [-0.15, -0.1) is 0 Å². The van der Waals surface area contributed by atoms with E-state index in [1.807, 2.05) is 24.3 Å². The first kappa shape index (κ1) is 26.4. The number of aromatic hydroxyl groups is 1. The molecule has 0 saturated heterocycles. The van der Waals surface area contributed by atoms with Gasteiger partial charge in [-0.25, -0.2) is 0 Å². The van der Waals surface area contributed by atoms with Gasteiger partial charge in [0.1, 0.15) is 5.75 Å². The summed E-state index contributed by atoms with van der Waals surface area (Å²) < 4.78 is 0. The zero-order chi connectivity index (χ0) is 27.9. The summed E-state index contributed by atoms with van der Waals surface area (Å²) in [4.78, 5) is 49.5. The highest BCUT2D eigenvalue weighted by Crippen LogP contribution is 2.27. The molecule has 0 spiro atoms. The largest absolute Gasteiger partial charge is 0.507 e. The molecule has 9 heteroatoms. The number of anilines is 4. The molecule has 39 heavy (non-hydrogen) atoms. The number of rotatable bonds is 8. The van der Waals surface area contributed by atoms with Crippen molar-refractivity contribution in [2.75, 3.05) is 21.3 Å². The summed E-state index contributed by atoms with van der Waals surface area (Å²) in [6.45, 7) is 6.80. The van der Waals surface area contributed by atoms with Crippen molar-refractivity contribution < 1.29 is 24.3 Å². The fourth-order valence-corrected chi connectivity index (χ4v) is 3.78. The third-order valence-corrected chi connectivity index (χ3v) is 5.59. The molecule has 4 aromatic rings. The molecule has 0 aliphatic rings. The zero-order valence-electron chi connectivity index (χ0n) is 20.7. The van der Waals surface area contributed by atoms with Crippen LogP contribution in [0.5, 0.6) is 5.75 Å². The number of nitrogens with one attached hydrogen (secondary N) is 4.